The molecule has 8 nitrogen and oxygen atoms in total. The van der Waals surface area contributed by atoms with E-state index in [1.807, 2.05) is 0 Å². The van der Waals surface area contributed by atoms with Gasteiger partial charge in [0.25, 0.3) is 5.69 Å². The van der Waals surface area contributed by atoms with Crippen LogP contribution in [0.5, 0.6) is 0 Å². The van der Waals surface area contributed by atoms with Gasteiger partial charge >= 0.3 is 0 Å². The van der Waals surface area contributed by atoms with E-state index in [-0.39, 0.29) is 11.3 Å². The number of ether oxygens (including phenoxy) is 1. The lowest BCUT2D eigenvalue weighted by Gasteiger charge is -2.26. The van der Waals surface area contributed by atoms with E-state index in [0.29, 0.717) is 0 Å². The van der Waals surface area contributed by atoms with Crippen LogP contribution in [-0.2, 0) is 10.5 Å². The Bertz CT molecular complexity index is 476. The zero-order chi connectivity index (χ0) is 14.2. The van der Waals surface area contributed by atoms with E-state index in [9.17, 15) is 25.4 Å². The van der Waals surface area contributed by atoms with E-state index in [0.717, 1.165) is 12.1 Å². The molecule has 4 atom stereocenters. The number of non-ortho nitro benzene ring substituents is 1. The number of rotatable bonds is 3. The summed E-state index contributed by atoms with van der Waals surface area (Å²) >= 11 is 0. The normalized spacial score (nSPS) is 34.4. The maximum Gasteiger partial charge on any atom is 0.269 e. The van der Waals surface area contributed by atoms with Crippen LogP contribution in [0.25, 0.3) is 0 Å². The minimum Gasteiger partial charge on any atom is -0.394 e. The van der Waals surface area contributed by atoms with Gasteiger partial charge in [-0.05, 0) is 12.1 Å². The van der Waals surface area contributed by atoms with Crippen molar-refractivity contribution in [1.82, 2.24) is 0 Å². The van der Waals surface area contributed by atoms with E-state index < -0.39 is 35.6 Å². The molecule has 1 heterocycles. The Morgan fingerprint density at radius 1 is 1.32 bits per heavy atom. The second-order valence-corrected chi connectivity index (χ2v) is 4.27. The zero-order valence-corrected chi connectivity index (χ0v) is 9.71. The van der Waals surface area contributed by atoms with Crippen LogP contribution in [0.2, 0.25) is 0 Å². The fourth-order valence-electron chi connectivity index (χ4n) is 2.01. The van der Waals surface area contributed by atoms with Crippen molar-refractivity contribution in [3.05, 3.63) is 39.9 Å². The first-order valence-corrected chi connectivity index (χ1v) is 5.52. The Morgan fingerprint density at radius 2 is 1.89 bits per heavy atom. The van der Waals surface area contributed by atoms with E-state index in [1.54, 1.807) is 0 Å². The molecule has 1 aliphatic rings. The topological polar surface area (TPSA) is 133 Å². The summed E-state index contributed by atoms with van der Waals surface area (Å²) in [7, 11) is 0. The maximum atomic E-state index is 10.5. The van der Waals surface area contributed by atoms with Gasteiger partial charge in [0.1, 0.15) is 18.3 Å². The summed E-state index contributed by atoms with van der Waals surface area (Å²) in [6.07, 6.45) is -4.24. The first-order valence-electron chi connectivity index (χ1n) is 5.52. The molecule has 0 saturated carbocycles. The smallest absolute Gasteiger partial charge is 0.269 e. The standard InChI is InChI=1S/C11H13NO7/c13-5-8-9(14)10(15)11(16,19-8)6-1-3-7(4-2-6)12(17)18/h1-4,8-10,13-16H,5H2/t8-,9-,10-,11-/m1/s1. The SMILES string of the molecule is O=[N+]([O-])c1ccc([C@@]2(O)O[C@H](CO)[C@@H](O)[C@H]2O)cc1. The highest BCUT2D eigenvalue weighted by molar-refractivity contribution is 5.35. The second-order valence-electron chi connectivity index (χ2n) is 4.27. The Hall–Kier alpha value is -1.58. The molecule has 0 spiro atoms. The van der Waals surface area contributed by atoms with Gasteiger partial charge in [-0.15, -0.1) is 0 Å². The quantitative estimate of drug-likeness (QED) is 0.403. The molecule has 4 N–H and O–H groups in total. The lowest BCUT2D eigenvalue weighted by Crippen LogP contribution is -2.40. The van der Waals surface area contributed by atoms with E-state index in [2.05, 4.69) is 0 Å². The van der Waals surface area contributed by atoms with E-state index in [4.69, 9.17) is 9.84 Å². The molecule has 0 bridgehead atoms. The van der Waals surface area contributed by atoms with Crippen molar-refractivity contribution in [2.45, 2.75) is 24.1 Å². The Balaban J connectivity index is 2.32. The van der Waals surface area contributed by atoms with Crippen molar-refractivity contribution in [1.29, 1.82) is 0 Å². The highest BCUT2D eigenvalue weighted by Crippen LogP contribution is 2.37. The molecule has 0 aliphatic carbocycles. The maximum absolute atomic E-state index is 10.5. The third kappa shape index (κ3) is 2.20. The van der Waals surface area contributed by atoms with Crippen LogP contribution < -0.4 is 0 Å². The molecule has 1 saturated heterocycles. The molecule has 1 aromatic rings. The van der Waals surface area contributed by atoms with Crippen LogP contribution >= 0.6 is 0 Å². The van der Waals surface area contributed by atoms with Gasteiger partial charge in [-0.3, -0.25) is 10.1 Å². The Morgan fingerprint density at radius 3 is 2.32 bits per heavy atom. The number of nitro groups is 1. The van der Waals surface area contributed by atoms with Crippen molar-refractivity contribution in [2.24, 2.45) is 0 Å². The number of aliphatic hydroxyl groups is 4. The van der Waals surface area contributed by atoms with Crippen LogP contribution in [0.3, 0.4) is 0 Å². The average molecular weight is 271 g/mol. The fraction of sp³-hybridized carbons (Fsp3) is 0.455. The number of aliphatic hydroxyl groups excluding tert-OH is 3. The summed E-state index contributed by atoms with van der Waals surface area (Å²) in [5.74, 6) is -2.21. The molecule has 0 aromatic heterocycles. The van der Waals surface area contributed by atoms with Crippen LogP contribution in [0.1, 0.15) is 5.56 Å². The van der Waals surface area contributed by atoms with Crippen molar-refractivity contribution in [2.75, 3.05) is 6.61 Å². The van der Waals surface area contributed by atoms with Crippen molar-refractivity contribution < 1.29 is 30.1 Å². The Kier molecular flexibility index (Phi) is 3.52. The van der Waals surface area contributed by atoms with Gasteiger partial charge < -0.3 is 25.2 Å². The van der Waals surface area contributed by atoms with Crippen LogP contribution in [-0.4, -0.2) is 50.3 Å². The van der Waals surface area contributed by atoms with Gasteiger partial charge in [0, 0.05) is 17.7 Å². The first kappa shape index (κ1) is 13.8. The number of hydrogen-bond acceptors (Lipinski definition) is 7. The summed E-state index contributed by atoms with van der Waals surface area (Å²) in [5.41, 5.74) is -0.125. The molecule has 8 heteroatoms. The molecule has 0 amide bonds. The molecule has 1 aliphatic heterocycles. The highest BCUT2D eigenvalue weighted by atomic mass is 16.7. The fourth-order valence-corrected chi connectivity index (χ4v) is 2.01. The van der Waals surface area contributed by atoms with Gasteiger partial charge in [-0.25, -0.2) is 0 Å². The monoisotopic (exact) mass is 271 g/mol. The second kappa shape index (κ2) is 4.83. The number of hydrogen-bond donors (Lipinski definition) is 4. The van der Waals surface area contributed by atoms with E-state index in [1.165, 1.54) is 12.1 Å². The molecule has 2 rings (SSSR count). The van der Waals surface area contributed by atoms with Gasteiger partial charge in [0.15, 0.2) is 0 Å². The predicted octanol–water partition coefficient (Wildman–Crippen LogP) is -1.15. The van der Waals surface area contributed by atoms with Gasteiger partial charge in [-0.2, -0.15) is 0 Å². The third-order valence-electron chi connectivity index (χ3n) is 3.11. The lowest BCUT2D eigenvalue weighted by molar-refractivity contribution is -0.384. The Labute approximate surface area is 107 Å². The highest BCUT2D eigenvalue weighted by Gasteiger charge is 2.54. The van der Waals surface area contributed by atoms with Gasteiger partial charge in [0.05, 0.1) is 11.5 Å². The van der Waals surface area contributed by atoms with Crippen LogP contribution in [0.15, 0.2) is 24.3 Å². The molecule has 0 unspecified atom stereocenters. The number of benzene rings is 1. The van der Waals surface area contributed by atoms with Crippen LogP contribution in [0, 0.1) is 10.1 Å². The predicted molar refractivity (Wildman–Crippen MR) is 61.0 cm³/mol. The van der Waals surface area contributed by atoms with Gasteiger partial charge in [0.2, 0.25) is 5.79 Å². The summed E-state index contributed by atoms with van der Waals surface area (Å²) in [5, 5.41) is 49.1. The molecular weight excluding hydrogens is 258 g/mol. The van der Waals surface area contributed by atoms with Crippen molar-refractivity contribution in [3.8, 4) is 0 Å². The summed E-state index contributed by atoms with van der Waals surface area (Å²) in [6.45, 7) is -0.576. The molecule has 19 heavy (non-hydrogen) atoms. The third-order valence-corrected chi connectivity index (χ3v) is 3.11. The van der Waals surface area contributed by atoms with E-state index >= 15 is 0 Å². The molecule has 104 valence electrons. The minimum atomic E-state index is -2.21. The number of nitrogens with zero attached hydrogens (tertiary/aromatic N) is 1. The largest absolute Gasteiger partial charge is 0.394 e. The lowest BCUT2D eigenvalue weighted by atomic mass is 9.98. The number of nitro benzene ring substituents is 1. The van der Waals surface area contributed by atoms with Gasteiger partial charge in [-0.1, -0.05) is 0 Å². The molecule has 1 aromatic carbocycles. The zero-order valence-electron chi connectivity index (χ0n) is 9.71. The summed E-state index contributed by atoms with van der Waals surface area (Å²) in [6, 6.07) is 4.71. The summed E-state index contributed by atoms with van der Waals surface area (Å²) < 4.78 is 5.04. The van der Waals surface area contributed by atoms with Crippen LogP contribution in [0.4, 0.5) is 5.69 Å². The van der Waals surface area contributed by atoms with Crippen molar-refractivity contribution in [3.63, 3.8) is 0 Å². The first-order chi connectivity index (χ1) is 8.90. The average Bonchev–Trinajstić information content (AvgIpc) is 2.64. The molecule has 1 fully saturated rings. The summed E-state index contributed by atoms with van der Waals surface area (Å²) in [4.78, 5) is 9.91. The molecular formula is C11H13NO7. The minimum absolute atomic E-state index is 0.0561. The van der Waals surface area contributed by atoms with Crippen molar-refractivity contribution >= 4 is 5.69 Å². The molecule has 0 radical (unpaired) electrons.